The molecule has 0 heterocycles. The first kappa shape index (κ1) is 20.4. The van der Waals surface area contributed by atoms with Crippen molar-refractivity contribution in [2.24, 2.45) is 0 Å². The highest BCUT2D eigenvalue weighted by atomic mass is 35.5. The number of rotatable bonds is 6. The Morgan fingerprint density at radius 3 is 2.23 bits per heavy atom. The van der Waals surface area contributed by atoms with Crippen molar-refractivity contribution in [3.63, 3.8) is 0 Å². The van der Waals surface area contributed by atoms with Crippen LogP contribution in [0, 0.1) is 6.92 Å². The Bertz CT molecular complexity index is 894. The van der Waals surface area contributed by atoms with E-state index >= 15 is 0 Å². The summed E-state index contributed by atoms with van der Waals surface area (Å²) in [5, 5.41) is 3.05. The number of carbonyl (C=O) groups is 1. The van der Waals surface area contributed by atoms with Crippen LogP contribution in [-0.2, 0) is 10.0 Å². The molecule has 0 fully saturated rings. The minimum absolute atomic E-state index is 0.00346. The molecule has 1 amide bonds. The second-order valence-corrected chi connectivity index (χ2v) is 8.64. The molecule has 2 rings (SSSR count). The number of carbonyl (C=O) groups excluding carboxylic acids is 1. The molecule has 1 unspecified atom stereocenters. The molecule has 0 radical (unpaired) electrons. The molecule has 0 bridgehead atoms. The summed E-state index contributed by atoms with van der Waals surface area (Å²) in [4.78, 5) is 12.6. The molecular formula is C19H23ClN2O3S. The highest BCUT2D eigenvalue weighted by Crippen LogP contribution is 2.22. The van der Waals surface area contributed by atoms with E-state index < -0.39 is 15.9 Å². The van der Waals surface area contributed by atoms with E-state index in [1.807, 2.05) is 38.1 Å². The van der Waals surface area contributed by atoms with E-state index in [0.717, 1.165) is 11.1 Å². The summed E-state index contributed by atoms with van der Waals surface area (Å²) >= 11 is 6.12. The molecule has 7 heteroatoms. The van der Waals surface area contributed by atoms with Gasteiger partial charge in [0.05, 0.1) is 21.5 Å². The SMILES string of the molecule is Cc1ccc(C(C)NC(=O)c2cc(S(=O)(=O)NC(C)C)ccc2Cl)cc1. The summed E-state index contributed by atoms with van der Waals surface area (Å²) in [6.45, 7) is 7.30. The van der Waals surface area contributed by atoms with Crippen molar-refractivity contribution in [2.45, 2.75) is 44.7 Å². The average Bonchev–Trinajstić information content (AvgIpc) is 2.54. The van der Waals surface area contributed by atoms with Crippen molar-refractivity contribution in [1.82, 2.24) is 10.0 Å². The number of amides is 1. The van der Waals surface area contributed by atoms with Crippen LogP contribution in [0.5, 0.6) is 0 Å². The molecule has 1 atom stereocenters. The lowest BCUT2D eigenvalue weighted by atomic mass is 10.1. The highest BCUT2D eigenvalue weighted by molar-refractivity contribution is 7.89. The Morgan fingerprint density at radius 2 is 1.65 bits per heavy atom. The molecule has 2 N–H and O–H groups in total. The van der Waals surface area contributed by atoms with Gasteiger partial charge < -0.3 is 5.32 Å². The molecule has 0 aliphatic carbocycles. The van der Waals surface area contributed by atoms with E-state index in [2.05, 4.69) is 10.0 Å². The minimum Gasteiger partial charge on any atom is -0.345 e. The van der Waals surface area contributed by atoms with E-state index in [1.54, 1.807) is 13.8 Å². The predicted molar refractivity (Wildman–Crippen MR) is 104 cm³/mol. The molecule has 26 heavy (non-hydrogen) atoms. The normalized spacial score (nSPS) is 12.8. The third kappa shape index (κ3) is 5.06. The fraction of sp³-hybridized carbons (Fsp3) is 0.316. The van der Waals surface area contributed by atoms with Crippen LogP contribution in [-0.4, -0.2) is 20.4 Å². The lowest BCUT2D eigenvalue weighted by molar-refractivity contribution is 0.0940. The molecule has 0 saturated heterocycles. The van der Waals surface area contributed by atoms with Gasteiger partial charge in [-0.05, 0) is 51.5 Å². The van der Waals surface area contributed by atoms with Gasteiger partial charge in [0.1, 0.15) is 0 Å². The van der Waals surface area contributed by atoms with Gasteiger partial charge in [0.2, 0.25) is 10.0 Å². The number of hydrogen-bond acceptors (Lipinski definition) is 3. The van der Waals surface area contributed by atoms with Gasteiger partial charge >= 0.3 is 0 Å². The fourth-order valence-electron chi connectivity index (χ4n) is 2.44. The topological polar surface area (TPSA) is 75.3 Å². The first-order valence-electron chi connectivity index (χ1n) is 8.29. The second-order valence-electron chi connectivity index (χ2n) is 6.52. The van der Waals surface area contributed by atoms with Gasteiger partial charge in [0, 0.05) is 6.04 Å². The molecule has 2 aromatic rings. The number of hydrogen-bond donors (Lipinski definition) is 2. The smallest absolute Gasteiger partial charge is 0.253 e. The van der Waals surface area contributed by atoms with E-state index in [4.69, 9.17) is 11.6 Å². The van der Waals surface area contributed by atoms with Crippen LogP contribution in [0.25, 0.3) is 0 Å². The molecule has 0 aliphatic heterocycles. The largest absolute Gasteiger partial charge is 0.345 e. The maximum absolute atomic E-state index is 12.6. The van der Waals surface area contributed by atoms with Crippen molar-refractivity contribution < 1.29 is 13.2 Å². The number of benzene rings is 2. The maximum Gasteiger partial charge on any atom is 0.253 e. The number of nitrogens with one attached hydrogen (secondary N) is 2. The molecular weight excluding hydrogens is 372 g/mol. The summed E-state index contributed by atoms with van der Waals surface area (Å²) in [5.41, 5.74) is 2.20. The highest BCUT2D eigenvalue weighted by Gasteiger charge is 2.20. The van der Waals surface area contributed by atoms with Crippen molar-refractivity contribution in [3.05, 3.63) is 64.2 Å². The van der Waals surface area contributed by atoms with Gasteiger partial charge in [0.15, 0.2) is 0 Å². The monoisotopic (exact) mass is 394 g/mol. The van der Waals surface area contributed by atoms with Gasteiger partial charge in [-0.2, -0.15) is 0 Å². The lowest BCUT2D eigenvalue weighted by Gasteiger charge is -2.16. The van der Waals surface area contributed by atoms with E-state index in [0.29, 0.717) is 0 Å². The third-order valence-corrected chi connectivity index (χ3v) is 5.79. The Morgan fingerprint density at radius 1 is 1.04 bits per heavy atom. The Kier molecular flexibility index (Phi) is 6.44. The number of aryl methyl sites for hydroxylation is 1. The van der Waals surface area contributed by atoms with Crippen LogP contribution in [0.3, 0.4) is 0 Å². The van der Waals surface area contributed by atoms with Gasteiger partial charge in [-0.1, -0.05) is 41.4 Å². The van der Waals surface area contributed by atoms with Gasteiger partial charge in [0.25, 0.3) is 5.91 Å². The van der Waals surface area contributed by atoms with Crippen molar-refractivity contribution in [1.29, 1.82) is 0 Å². The number of halogens is 1. The zero-order chi connectivity index (χ0) is 19.5. The molecule has 140 valence electrons. The standard InChI is InChI=1S/C19H23ClN2O3S/c1-12(2)22-26(24,25)16-9-10-18(20)17(11-16)19(23)21-14(4)15-7-5-13(3)6-8-15/h5-12,14,22H,1-4H3,(H,21,23). The first-order valence-corrected chi connectivity index (χ1v) is 10.2. The lowest BCUT2D eigenvalue weighted by Crippen LogP contribution is -2.31. The van der Waals surface area contributed by atoms with Gasteiger partial charge in [-0.25, -0.2) is 13.1 Å². The quantitative estimate of drug-likeness (QED) is 0.781. The van der Waals surface area contributed by atoms with Crippen molar-refractivity contribution in [3.8, 4) is 0 Å². The summed E-state index contributed by atoms with van der Waals surface area (Å²) in [6.07, 6.45) is 0. The second kappa shape index (κ2) is 8.20. The average molecular weight is 395 g/mol. The Balaban J connectivity index is 2.25. The fourth-order valence-corrected chi connectivity index (χ4v) is 3.92. The molecule has 0 spiro atoms. The van der Waals surface area contributed by atoms with Crippen LogP contribution in [0.1, 0.15) is 48.3 Å². The molecule has 5 nitrogen and oxygen atoms in total. The van der Waals surface area contributed by atoms with E-state index in [9.17, 15) is 13.2 Å². The van der Waals surface area contributed by atoms with Crippen LogP contribution >= 0.6 is 11.6 Å². The van der Waals surface area contributed by atoms with Gasteiger partial charge in [-0.3, -0.25) is 4.79 Å². The Labute approximate surface area is 159 Å². The van der Waals surface area contributed by atoms with Crippen LogP contribution in [0.2, 0.25) is 5.02 Å². The molecule has 0 aromatic heterocycles. The molecule has 2 aromatic carbocycles. The maximum atomic E-state index is 12.6. The van der Waals surface area contributed by atoms with E-state index in [1.165, 1.54) is 18.2 Å². The summed E-state index contributed by atoms with van der Waals surface area (Å²) in [7, 11) is -3.71. The zero-order valence-corrected chi connectivity index (χ0v) is 16.8. The summed E-state index contributed by atoms with van der Waals surface area (Å²) in [5.74, 6) is -0.426. The van der Waals surface area contributed by atoms with Crippen molar-refractivity contribution in [2.75, 3.05) is 0 Å². The minimum atomic E-state index is -3.71. The Hall–Kier alpha value is -1.89. The first-order chi connectivity index (χ1) is 12.1. The molecule has 0 aliphatic rings. The van der Waals surface area contributed by atoms with E-state index in [-0.39, 0.29) is 27.6 Å². The third-order valence-electron chi connectivity index (χ3n) is 3.81. The summed E-state index contributed by atoms with van der Waals surface area (Å²) < 4.78 is 27.1. The summed E-state index contributed by atoms with van der Waals surface area (Å²) in [6, 6.07) is 11.4. The van der Waals surface area contributed by atoms with Crippen LogP contribution < -0.4 is 10.0 Å². The predicted octanol–water partition coefficient (Wildman–Crippen LogP) is 3.83. The van der Waals surface area contributed by atoms with Gasteiger partial charge in [-0.15, -0.1) is 0 Å². The number of sulfonamides is 1. The zero-order valence-electron chi connectivity index (χ0n) is 15.2. The van der Waals surface area contributed by atoms with Crippen LogP contribution in [0.15, 0.2) is 47.4 Å². The molecule has 0 saturated carbocycles. The van der Waals surface area contributed by atoms with Crippen LogP contribution in [0.4, 0.5) is 0 Å². The van der Waals surface area contributed by atoms with Crippen molar-refractivity contribution >= 4 is 27.5 Å².